The Bertz CT molecular complexity index is 489. The third kappa shape index (κ3) is 2.76. The molecule has 0 amide bonds. The predicted octanol–water partition coefficient (Wildman–Crippen LogP) is 2.26. The van der Waals surface area contributed by atoms with E-state index in [2.05, 4.69) is 27.2 Å². The van der Waals surface area contributed by atoms with Crippen molar-refractivity contribution in [2.24, 2.45) is 0 Å². The molecule has 4 nitrogen and oxygen atoms in total. The van der Waals surface area contributed by atoms with E-state index in [1.165, 1.54) is 18.4 Å². The van der Waals surface area contributed by atoms with Gasteiger partial charge in [0.25, 0.3) is 0 Å². The van der Waals surface area contributed by atoms with E-state index in [9.17, 15) is 0 Å². The van der Waals surface area contributed by atoms with Crippen LogP contribution in [0.1, 0.15) is 30.1 Å². The van der Waals surface area contributed by atoms with Crippen molar-refractivity contribution in [2.75, 3.05) is 13.1 Å². The van der Waals surface area contributed by atoms with Gasteiger partial charge in [-0.15, -0.1) is 0 Å². The van der Waals surface area contributed by atoms with E-state index in [0.717, 1.165) is 37.8 Å². The first-order valence-corrected chi connectivity index (χ1v) is 6.48. The van der Waals surface area contributed by atoms with Gasteiger partial charge in [0.1, 0.15) is 0 Å². The van der Waals surface area contributed by atoms with Gasteiger partial charge in [-0.3, -0.25) is 4.90 Å². The van der Waals surface area contributed by atoms with Crippen LogP contribution in [0.15, 0.2) is 34.9 Å². The zero-order chi connectivity index (χ0) is 12.2. The van der Waals surface area contributed by atoms with Crippen LogP contribution in [-0.2, 0) is 13.0 Å². The van der Waals surface area contributed by atoms with Crippen molar-refractivity contribution in [3.63, 3.8) is 0 Å². The lowest BCUT2D eigenvalue weighted by molar-refractivity contribution is 0.267. The number of hydrogen-bond acceptors (Lipinski definition) is 4. The molecule has 1 fully saturated rings. The number of aromatic nitrogens is 2. The summed E-state index contributed by atoms with van der Waals surface area (Å²) in [5.74, 6) is 1.51. The van der Waals surface area contributed by atoms with E-state index in [0.29, 0.717) is 0 Å². The molecule has 1 aliphatic heterocycles. The topological polar surface area (TPSA) is 42.2 Å². The van der Waals surface area contributed by atoms with Crippen molar-refractivity contribution in [3.8, 4) is 0 Å². The van der Waals surface area contributed by atoms with Crippen molar-refractivity contribution < 1.29 is 4.52 Å². The third-order valence-corrected chi connectivity index (χ3v) is 3.27. The van der Waals surface area contributed by atoms with Crippen LogP contribution in [0.2, 0.25) is 0 Å². The van der Waals surface area contributed by atoms with Gasteiger partial charge in [0, 0.05) is 6.42 Å². The Morgan fingerprint density at radius 3 is 2.67 bits per heavy atom. The maximum Gasteiger partial charge on any atom is 0.240 e. The average molecular weight is 243 g/mol. The van der Waals surface area contributed by atoms with Crippen LogP contribution in [0.4, 0.5) is 0 Å². The second kappa shape index (κ2) is 5.31. The number of hydrogen-bond donors (Lipinski definition) is 0. The SMILES string of the molecule is c1ccc(Cc2noc(CN3CCCC3)n2)cc1. The van der Waals surface area contributed by atoms with Crippen LogP contribution in [-0.4, -0.2) is 28.1 Å². The fraction of sp³-hybridized carbons (Fsp3) is 0.429. The summed E-state index contributed by atoms with van der Waals surface area (Å²) in [6.07, 6.45) is 3.31. The third-order valence-electron chi connectivity index (χ3n) is 3.27. The largest absolute Gasteiger partial charge is 0.338 e. The van der Waals surface area contributed by atoms with Crippen LogP contribution in [0.3, 0.4) is 0 Å². The minimum absolute atomic E-state index is 0.739. The van der Waals surface area contributed by atoms with Gasteiger partial charge >= 0.3 is 0 Å². The molecule has 0 bridgehead atoms. The van der Waals surface area contributed by atoms with Crippen LogP contribution in [0, 0.1) is 0 Å². The van der Waals surface area contributed by atoms with Gasteiger partial charge in [-0.1, -0.05) is 35.5 Å². The van der Waals surface area contributed by atoms with Gasteiger partial charge in [-0.25, -0.2) is 0 Å². The van der Waals surface area contributed by atoms with Crippen molar-refractivity contribution in [3.05, 3.63) is 47.6 Å². The van der Waals surface area contributed by atoms with Gasteiger partial charge < -0.3 is 4.52 Å². The molecule has 1 aromatic heterocycles. The molecule has 0 aliphatic carbocycles. The molecule has 18 heavy (non-hydrogen) atoms. The standard InChI is InChI=1S/C14H17N3O/c1-2-6-12(7-3-1)10-13-15-14(18-16-13)11-17-8-4-5-9-17/h1-3,6-7H,4-5,8-11H2. The zero-order valence-corrected chi connectivity index (χ0v) is 10.4. The molecule has 3 rings (SSSR count). The molecule has 1 aliphatic rings. The molecular weight excluding hydrogens is 226 g/mol. The minimum atomic E-state index is 0.739. The Morgan fingerprint density at radius 1 is 1.11 bits per heavy atom. The molecule has 4 heteroatoms. The summed E-state index contributed by atoms with van der Waals surface area (Å²) in [7, 11) is 0. The van der Waals surface area contributed by atoms with Crippen molar-refractivity contribution in [1.82, 2.24) is 15.0 Å². The van der Waals surface area contributed by atoms with Gasteiger partial charge in [-0.2, -0.15) is 4.98 Å². The molecule has 0 radical (unpaired) electrons. The molecular formula is C14H17N3O. The maximum absolute atomic E-state index is 5.30. The Labute approximate surface area is 107 Å². The Hall–Kier alpha value is -1.68. The smallest absolute Gasteiger partial charge is 0.240 e. The molecule has 0 N–H and O–H groups in total. The van der Waals surface area contributed by atoms with Gasteiger partial charge in [-0.05, 0) is 31.5 Å². The quantitative estimate of drug-likeness (QED) is 0.826. The fourth-order valence-corrected chi connectivity index (χ4v) is 2.34. The molecule has 2 aromatic rings. The lowest BCUT2D eigenvalue weighted by Crippen LogP contribution is -2.18. The molecule has 0 unspecified atom stereocenters. The highest BCUT2D eigenvalue weighted by molar-refractivity contribution is 5.18. The predicted molar refractivity (Wildman–Crippen MR) is 68.1 cm³/mol. The lowest BCUT2D eigenvalue weighted by Gasteiger charge is -2.09. The Morgan fingerprint density at radius 2 is 1.89 bits per heavy atom. The number of likely N-dealkylation sites (tertiary alicyclic amines) is 1. The normalized spacial score (nSPS) is 16.2. The zero-order valence-electron chi connectivity index (χ0n) is 10.4. The molecule has 0 spiro atoms. The van der Waals surface area contributed by atoms with E-state index in [-0.39, 0.29) is 0 Å². The summed E-state index contributed by atoms with van der Waals surface area (Å²) in [6.45, 7) is 3.09. The van der Waals surface area contributed by atoms with Crippen LogP contribution < -0.4 is 0 Å². The van der Waals surface area contributed by atoms with Gasteiger partial charge in [0.2, 0.25) is 5.89 Å². The van der Waals surface area contributed by atoms with Crippen molar-refractivity contribution in [1.29, 1.82) is 0 Å². The van der Waals surface area contributed by atoms with Crippen LogP contribution in [0.25, 0.3) is 0 Å². The highest BCUT2D eigenvalue weighted by Gasteiger charge is 2.15. The molecule has 1 saturated heterocycles. The van der Waals surface area contributed by atoms with E-state index in [1.54, 1.807) is 0 Å². The first kappa shape index (κ1) is 11.4. The van der Waals surface area contributed by atoms with E-state index < -0.39 is 0 Å². The minimum Gasteiger partial charge on any atom is -0.338 e. The average Bonchev–Trinajstić information content (AvgIpc) is 3.03. The summed E-state index contributed by atoms with van der Waals surface area (Å²) in [6, 6.07) is 10.2. The van der Waals surface area contributed by atoms with Gasteiger partial charge in [0.15, 0.2) is 5.82 Å². The fourth-order valence-electron chi connectivity index (χ4n) is 2.34. The molecule has 0 saturated carbocycles. The summed E-state index contributed by atoms with van der Waals surface area (Å²) in [4.78, 5) is 6.81. The summed E-state index contributed by atoms with van der Waals surface area (Å²) >= 11 is 0. The number of benzene rings is 1. The monoisotopic (exact) mass is 243 g/mol. The molecule has 2 heterocycles. The Balaban J connectivity index is 1.62. The second-order valence-corrected chi connectivity index (χ2v) is 4.75. The summed E-state index contributed by atoms with van der Waals surface area (Å²) in [5.41, 5.74) is 1.21. The second-order valence-electron chi connectivity index (χ2n) is 4.75. The van der Waals surface area contributed by atoms with E-state index >= 15 is 0 Å². The highest BCUT2D eigenvalue weighted by Crippen LogP contribution is 2.12. The van der Waals surface area contributed by atoms with Crippen LogP contribution in [0.5, 0.6) is 0 Å². The summed E-state index contributed by atoms with van der Waals surface area (Å²) < 4.78 is 5.30. The first-order chi connectivity index (χ1) is 8.90. The highest BCUT2D eigenvalue weighted by atomic mass is 16.5. The van der Waals surface area contributed by atoms with Crippen molar-refractivity contribution >= 4 is 0 Å². The first-order valence-electron chi connectivity index (χ1n) is 6.48. The van der Waals surface area contributed by atoms with E-state index in [4.69, 9.17) is 4.52 Å². The van der Waals surface area contributed by atoms with E-state index in [1.807, 2.05) is 18.2 Å². The van der Waals surface area contributed by atoms with Crippen LogP contribution >= 0.6 is 0 Å². The maximum atomic E-state index is 5.30. The lowest BCUT2D eigenvalue weighted by atomic mass is 10.1. The Kier molecular flexibility index (Phi) is 3.37. The molecule has 1 aromatic carbocycles. The van der Waals surface area contributed by atoms with Gasteiger partial charge in [0.05, 0.1) is 6.54 Å². The summed E-state index contributed by atoms with van der Waals surface area (Å²) in [5, 5.41) is 4.04. The number of rotatable bonds is 4. The van der Waals surface area contributed by atoms with Crippen molar-refractivity contribution in [2.45, 2.75) is 25.8 Å². The molecule has 94 valence electrons. The number of nitrogens with zero attached hydrogens (tertiary/aromatic N) is 3. The molecule has 0 atom stereocenters.